The maximum absolute atomic E-state index is 11.0. The van der Waals surface area contributed by atoms with Crippen LogP contribution < -0.4 is 0 Å². The van der Waals surface area contributed by atoms with Gasteiger partial charge in [0.2, 0.25) is 5.91 Å². The summed E-state index contributed by atoms with van der Waals surface area (Å²) in [6.45, 7) is 11.5. The van der Waals surface area contributed by atoms with Gasteiger partial charge in [0.1, 0.15) is 0 Å². The van der Waals surface area contributed by atoms with Crippen molar-refractivity contribution < 1.29 is 24.6 Å². The number of unbranched alkanes of at least 4 members (excludes halogenated alkanes) is 1. The lowest BCUT2D eigenvalue weighted by molar-refractivity contribution is -0.154. The third-order valence-electron chi connectivity index (χ3n) is 5.55. The van der Waals surface area contributed by atoms with Crippen molar-refractivity contribution in [3.8, 4) is 0 Å². The lowest BCUT2D eigenvalue weighted by atomic mass is 9.85. The van der Waals surface area contributed by atoms with E-state index >= 15 is 0 Å². The highest BCUT2D eigenvalue weighted by Gasteiger charge is 2.26. The van der Waals surface area contributed by atoms with E-state index in [0.717, 1.165) is 44.3 Å². The highest BCUT2D eigenvalue weighted by Crippen LogP contribution is 2.30. The second-order valence-electron chi connectivity index (χ2n) is 7.79. The van der Waals surface area contributed by atoms with Crippen LogP contribution in [0.3, 0.4) is 0 Å². The van der Waals surface area contributed by atoms with Crippen LogP contribution in [0.5, 0.6) is 0 Å². The predicted molar refractivity (Wildman–Crippen MR) is 124 cm³/mol. The molecule has 0 aliphatic carbocycles. The lowest BCUT2D eigenvalue weighted by Gasteiger charge is -2.20. The van der Waals surface area contributed by atoms with Crippen molar-refractivity contribution in [3.05, 3.63) is 35.4 Å². The Bertz CT molecular complexity index is 656. The maximum Gasteiger partial charge on any atom is 0.317 e. The third-order valence-corrected chi connectivity index (χ3v) is 5.55. The lowest BCUT2D eigenvalue weighted by Crippen LogP contribution is -2.27. The number of carbonyl (C=O) groups is 3. The zero-order valence-corrected chi connectivity index (χ0v) is 19.9. The standard InChI is InChI=1S/C19H28O4.C6H13NO/c1-3-5-9-14(8-4-2)16-11-7-6-10-15(16)12-13-17(18(20)21)19(22)23;1-4-7(5-2)6(3)8/h6-7,10-11,14,17H,3-5,8-9,12-13H2,1-2H3,(H,20,21)(H,22,23);4-5H2,1-3H3. The van der Waals surface area contributed by atoms with Crippen molar-refractivity contribution >= 4 is 17.8 Å². The van der Waals surface area contributed by atoms with E-state index in [9.17, 15) is 14.4 Å². The second-order valence-corrected chi connectivity index (χ2v) is 7.79. The van der Waals surface area contributed by atoms with Crippen molar-refractivity contribution in [2.24, 2.45) is 5.92 Å². The van der Waals surface area contributed by atoms with E-state index in [1.54, 1.807) is 11.8 Å². The summed E-state index contributed by atoms with van der Waals surface area (Å²) in [5.41, 5.74) is 2.35. The molecule has 0 bridgehead atoms. The molecule has 0 aliphatic heterocycles. The van der Waals surface area contributed by atoms with Crippen LogP contribution in [0.4, 0.5) is 0 Å². The third kappa shape index (κ3) is 11.0. The van der Waals surface area contributed by atoms with Gasteiger partial charge in [0.15, 0.2) is 5.92 Å². The number of benzene rings is 1. The number of carboxylic acids is 2. The average molecular weight is 436 g/mol. The Labute approximate surface area is 187 Å². The molecule has 1 atom stereocenters. The zero-order chi connectivity index (χ0) is 23.8. The first-order valence-electron chi connectivity index (χ1n) is 11.5. The molecule has 2 N–H and O–H groups in total. The number of carbonyl (C=O) groups excluding carboxylic acids is 1. The molecule has 0 spiro atoms. The van der Waals surface area contributed by atoms with Crippen LogP contribution in [0, 0.1) is 5.92 Å². The van der Waals surface area contributed by atoms with E-state index in [2.05, 4.69) is 19.9 Å². The van der Waals surface area contributed by atoms with E-state index in [1.807, 2.05) is 32.0 Å². The molecule has 0 saturated heterocycles. The number of aliphatic carboxylic acids is 2. The molecule has 31 heavy (non-hydrogen) atoms. The number of nitrogens with zero attached hydrogens (tertiary/aromatic N) is 1. The average Bonchev–Trinajstić information content (AvgIpc) is 2.72. The van der Waals surface area contributed by atoms with E-state index in [0.29, 0.717) is 12.3 Å². The molecule has 176 valence electrons. The van der Waals surface area contributed by atoms with Gasteiger partial charge in [-0.05, 0) is 56.6 Å². The molecule has 1 rings (SSSR count). The fourth-order valence-electron chi connectivity index (χ4n) is 3.74. The van der Waals surface area contributed by atoms with Gasteiger partial charge in [0, 0.05) is 20.0 Å². The maximum atomic E-state index is 11.0. The fourth-order valence-corrected chi connectivity index (χ4v) is 3.74. The van der Waals surface area contributed by atoms with E-state index < -0.39 is 17.9 Å². The smallest absolute Gasteiger partial charge is 0.317 e. The van der Waals surface area contributed by atoms with Crippen molar-refractivity contribution in [1.82, 2.24) is 4.90 Å². The number of hydrogen-bond donors (Lipinski definition) is 2. The Balaban J connectivity index is 0.000000954. The van der Waals surface area contributed by atoms with Crippen molar-refractivity contribution in [3.63, 3.8) is 0 Å². The second kappa shape index (κ2) is 16.3. The Morgan fingerprint density at radius 3 is 1.87 bits per heavy atom. The summed E-state index contributed by atoms with van der Waals surface area (Å²) in [5.74, 6) is -3.21. The molecule has 0 radical (unpaired) electrons. The number of carboxylic acid groups (broad SMARTS) is 2. The van der Waals surface area contributed by atoms with E-state index in [-0.39, 0.29) is 12.3 Å². The van der Waals surface area contributed by atoms with Crippen LogP contribution in [0.25, 0.3) is 0 Å². The fraction of sp³-hybridized carbons (Fsp3) is 0.640. The monoisotopic (exact) mass is 435 g/mol. The van der Waals surface area contributed by atoms with E-state index in [4.69, 9.17) is 10.2 Å². The van der Waals surface area contributed by atoms with Crippen LogP contribution in [0.2, 0.25) is 0 Å². The molecule has 6 heteroatoms. The molecule has 0 saturated carbocycles. The molecule has 1 aromatic carbocycles. The van der Waals surface area contributed by atoms with Gasteiger partial charge in [-0.2, -0.15) is 0 Å². The minimum Gasteiger partial charge on any atom is -0.481 e. The first-order valence-corrected chi connectivity index (χ1v) is 11.5. The van der Waals surface area contributed by atoms with Crippen molar-refractivity contribution in [2.75, 3.05) is 13.1 Å². The summed E-state index contributed by atoms with van der Waals surface area (Å²) >= 11 is 0. The summed E-state index contributed by atoms with van der Waals surface area (Å²) < 4.78 is 0. The molecule has 1 unspecified atom stereocenters. The highest BCUT2D eigenvalue weighted by atomic mass is 16.4. The Kier molecular flexibility index (Phi) is 15.1. The molecule has 0 aliphatic rings. The zero-order valence-electron chi connectivity index (χ0n) is 19.9. The summed E-state index contributed by atoms with van der Waals surface area (Å²) in [6, 6.07) is 8.07. The number of hydrogen-bond acceptors (Lipinski definition) is 3. The van der Waals surface area contributed by atoms with Crippen LogP contribution in [-0.2, 0) is 20.8 Å². The molecule has 6 nitrogen and oxygen atoms in total. The molecule has 1 amide bonds. The molecular weight excluding hydrogens is 394 g/mol. The number of amides is 1. The number of rotatable bonds is 13. The van der Waals surface area contributed by atoms with Crippen molar-refractivity contribution in [1.29, 1.82) is 0 Å². The number of aryl methyl sites for hydroxylation is 1. The molecule has 0 fully saturated rings. The normalized spacial score (nSPS) is 11.4. The first-order chi connectivity index (χ1) is 14.7. The minimum absolute atomic E-state index is 0.133. The summed E-state index contributed by atoms with van der Waals surface area (Å²) in [6.07, 6.45) is 6.30. The quantitative estimate of drug-likeness (QED) is 0.407. The highest BCUT2D eigenvalue weighted by molar-refractivity contribution is 5.92. The first kappa shape index (κ1) is 28.6. The van der Waals surface area contributed by atoms with E-state index in [1.165, 1.54) is 12.0 Å². The Morgan fingerprint density at radius 2 is 1.45 bits per heavy atom. The molecule has 0 heterocycles. The topological polar surface area (TPSA) is 94.9 Å². The summed E-state index contributed by atoms with van der Waals surface area (Å²) in [4.78, 5) is 34.4. The van der Waals surface area contributed by atoms with Gasteiger partial charge < -0.3 is 15.1 Å². The Hall–Kier alpha value is -2.37. The van der Waals surface area contributed by atoms with Crippen LogP contribution in [-0.4, -0.2) is 46.0 Å². The van der Waals surface area contributed by atoms with Gasteiger partial charge in [0.05, 0.1) is 0 Å². The van der Waals surface area contributed by atoms with Crippen LogP contribution in [0.1, 0.15) is 90.2 Å². The van der Waals surface area contributed by atoms with Gasteiger partial charge in [-0.3, -0.25) is 14.4 Å². The SMILES string of the molecule is CCCCC(CCC)c1ccccc1CCC(C(=O)O)C(=O)O.CCN(CC)C(C)=O. The minimum atomic E-state index is -1.33. The van der Waals surface area contributed by atoms with Crippen LogP contribution >= 0.6 is 0 Å². The van der Waals surface area contributed by atoms with Gasteiger partial charge >= 0.3 is 11.9 Å². The predicted octanol–water partition coefficient (Wildman–Crippen LogP) is 5.35. The molecule has 0 aromatic heterocycles. The van der Waals surface area contributed by atoms with Crippen molar-refractivity contribution in [2.45, 2.75) is 85.5 Å². The summed E-state index contributed by atoms with van der Waals surface area (Å²) in [7, 11) is 0. The largest absolute Gasteiger partial charge is 0.481 e. The van der Waals surface area contributed by atoms with Gasteiger partial charge in [-0.25, -0.2) is 0 Å². The van der Waals surface area contributed by atoms with Gasteiger partial charge in [0.25, 0.3) is 0 Å². The Morgan fingerprint density at radius 1 is 0.871 bits per heavy atom. The van der Waals surface area contributed by atoms with Gasteiger partial charge in [-0.1, -0.05) is 57.4 Å². The van der Waals surface area contributed by atoms with Crippen LogP contribution in [0.15, 0.2) is 24.3 Å². The van der Waals surface area contributed by atoms with Gasteiger partial charge in [-0.15, -0.1) is 0 Å². The molecular formula is C25H41NO5. The molecule has 1 aromatic rings. The summed E-state index contributed by atoms with van der Waals surface area (Å²) in [5, 5.41) is 18.0.